The normalized spacial score (nSPS) is 17.8. The van der Waals surface area contributed by atoms with E-state index in [-0.39, 0.29) is 31.9 Å². The van der Waals surface area contributed by atoms with E-state index in [4.69, 9.17) is 29.0 Å². The summed E-state index contributed by atoms with van der Waals surface area (Å²) in [6.45, 7) is 5.45. The van der Waals surface area contributed by atoms with Crippen molar-refractivity contribution < 1.29 is 46.8 Å². The maximum absolute atomic E-state index is 14.3. The third kappa shape index (κ3) is 9.25. The highest BCUT2D eigenvalue weighted by Gasteiger charge is 2.53. The summed E-state index contributed by atoms with van der Waals surface area (Å²) in [7, 11) is 1.51. The zero-order valence-corrected chi connectivity index (χ0v) is 26.7. The Morgan fingerprint density at radius 1 is 1.00 bits per heavy atom. The number of nitrogens with zero attached hydrogens (tertiary/aromatic N) is 1. The number of carbonyl (C=O) groups is 2. The van der Waals surface area contributed by atoms with Gasteiger partial charge in [0.25, 0.3) is 5.91 Å². The molecule has 1 heterocycles. The minimum Gasteiger partial charge on any atom is -0.497 e. The molecule has 0 saturated heterocycles. The number of aliphatic imine (C=N–C) groups is 1. The second-order valence-corrected chi connectivity index (χ2v) is 12.0. The van der Waals surface area contributed by atoms with E-state index in [9.17, 15) is 22.8 Å². The SMILES string of the molecule is COc1cccc([C@H]2OC(c3ccc(OCCCO)cc3)=N[C@@]2(CCC(=O)OC(C)(C)C)C(=O)NCc2ccc(C(F)(F)F)cc2)c1. The van der Waals surface area contributed by atoms with Gasteiger partial charge in [-0.25, -0.2) is 4.99 Å². The van der Waals surface area contributed by atoms with Crippen molar-refractivity contribution in [2.75, 3.05) is 20.3 Å². The molecule has 0 radical (unpaired) electrons. The van der Waals surface area contributed by atoms with Crippen LogP contribution in [0, 0.1) is 0 Å². The first-order chi connectivity index (χ1) is 22.2. The maximum atomic E-state index is 14.3. The van der Waals surface area contributed by atoms with Crippen LogP contribution >= 0.6 is 0 Å². The van der Waals surface area contributed by atoms with Gasteiger partial charge in [0.1, 0.15) is 17.1 Å². The van der Waals surface area contributed by atoms with Crippen molar-refractivity contribution in [2.24, 2.45) is 4.99 Å². The Morgan fingerprint density at radius 2 is 1.70 bits per heavy atom. The molecule has 0 fully saturated rings. The van der Waals surface area contributed by atoms with Crippen molar-refractivity contribution in [3.63, 3.8) is 0 Å². The van der Waals surface area contributed by atoms with E-state index in [0.29, 0.717) is 41.2 Å². The predicted octanol–water partition coefficient (Wildman–Crippen LogP) is 6.17. The zero-order chi connectivity index (χ0) is 34.2. The van der Waals surface area contributed by atoms with Gasteiger partial charge in [-0.05, 0) is 86.8 Å². The number of methoxy groups -OCH3 is 1. The van der Waals surface area contributed by atoms with Gasteiger partial charge >= 0.3 is 12.1 Å². The summed E-state index contributed by atoms with van der Waals surface area (Å²) >= 11 is 0. The van der Waals surface area contributed by atoms with Crippen LogP contribution in [0.4, 0.5) is 13.2 Å². The number of nitrogens with one attached hydrogen (secondary N) is 1. The molecule has 1 aliphatic heterocycles. The third-order valence-corrected chi connectivity index (χ3v) is 7.29. The molecule has 47 heavy (non-hydrogen) atoms. The van der Waals surface area contributed by atoms with Crippen LogP contribution in [0.2, 0.25) is 0 Å². The van der Waals surface area contributed by atoms with Gasteiger partial charge < -0.3 is 29.4 Å². The van der Waals surface area contributed by atoms with E-state index in [0.717, 1.165) is 12.1 Å². The lowest BCUT2D eigenvalue weighted by molar-refractivity contribution is -0.155. The lowest BCUT2D eigenvalue weighted by Crippen LogP contribution is -2.48. The van der Waals surface area contributed by atoms with Crippen molar-refractivity contribution >= 4 is 17.8 Å². The van der Waals surface area contributed by atoms with Gasteiger partial charge in [-0.2, -0.15) is 13.2 Å². The lowest BCUT2D eigenvalue weighted by Gasteiger charge is -2.31. The highest BCUT2D eigenvalue weighted by molar-refractivity contribution is 6.01. The molecule has 4 rings (SSSR count). The van der Waals surface area contributed by atoms with E-state index in [2.05, 4.69) is 5.32 Å². The van der Waals surface area contributed by atoms with Crippen LogP contribution in [-0.4, -0.2) is 54.3 Å². The highest BCUT2D eigenvalue weighted by atomic mass is 19.4. The molecule has 3 aromatic rings. The molecule has 252 valence electrons. The Balaban J connectivity index is 1.72. The van der Waals surface area contributed by atoms with Gasteiger partial charge in [-0.3, -0.25) is 9.59 Å². The number of rotatable bonds is 13. The van der Waals surface area contributed by atoms with Gasteiger partial charge in [0.2, 0.25) is 5.90 Å². The number of aliphatic hydroxyl groups is 1. The first-order valence-corrected chi connectivity index (χ1v) is 15.1. The van der Waals surface area contributed by atoms with Crippen LogP contribution in [0.5, 0.6) is 11.5 Å². The standard InChI is InChI=1S/C35H39F3N2O7/c1-33(2,3)47-29(42)17-18-34(32(43)39-22-23-9-13-26(14-10-23)35(36,37)38)30(25-7-5-8-28(21-25)44-4)46-31(40-34)24-11-15-27(16-12-24)45-20-6-19-41/h5,7-16,21,30,41H,6,17-20,22H2,1-4H3,(H,39,43)/t30-,34-/m1/s1. The smallest absolute Gasteiger partial charge is 0.416 e. The van der Waals surface area contributed by atoms with E-state index in [1.165, 1.54) is 19.2 Å². The van der Waals surface area contributed by atoms with Crippen LogP contribution in [0.25, 0.3) is 0 Å². The summed E-state index contributed by atoms with van der Waals surface area (Å²) < 4.78 is 62.3. The molecule has 1 amide bonds. The Labute approximate surface area is 271 Å². The molecule has 0 spiro atoms. The van der Waals surface area contributed by atoms with Crippen LogP contribution in [-0.2, 0) is 31.8 Å². The quantitative estimate of drug-likeness (QED) is 0.167. The van der Waals surface area contributed by atoms with Crippen molar-refractivity contribution in [1.29, 1.82) is 0 Å². The molecular weight excluding hydrogens is 617 g/mol. The molecule has 2 N–H and O–H groups in total. The highest BCUT2D eigenvalue weighted by Crippen LogP contribution is 2.44. The molecule has 0 bridgehead atoms. The van der Waals surface area contributed by atoms with Crippen molar-refractivity contribution in [3.05, 3.63) is 95.1 Å². The number of ether oxygens (including phenoxy) is 4. The van der Waals surface area contributed by atoms with Crippen LogP contribution in [0.3, 0.4) is 0 Å². The van der Waals surface area contributed by atoms with E-state index in [1.807, 2.05) is 0 Å². The number of benzene rings is 3. The van der Waals surface area contributed by atoms with Crippen molar-refractivity contribution in [1.82, 2.24) is 5.32 Å². The Kier molecular flexibility index (Phi) is 11.2. The minimum absolute atomic E-state index is 0.000694. The molecule has 0 saturated carbocycles. The molecule has 0 aromatic heterocycles. The molecule has 9 nitrogen and oxygen atoms in total. The second-order valence-electron chi connectivity index (χ2n) is 12.0. The molecule has 2 atom stereocenters. The van der Waals surface area contributed by atoms with Crippen molar-refractivity contribution in [3.8, 4) is 11.5 Å². The molecular formula is C35H39F3N2O7. The largest absolute Gasteiger partial charge is 0.497 e. The van der Waals surface area contributed by atoms with Gasteiger partial charge in [0.05, 0.1) is 19.3 Å². The number of esters is 1. The third-order valence-electron chi connectivity index (χ3n) is 7.29. The van der Waals surface area contributed by atoms with Crippen LogP contribution in [0.1, 0.15) is 68.4 Å². The van der Waals surface area contributed by atoms with Crippen LogP contribution in [0.15, 0.2) is 77.8 Å². The first-order valence-electron chi connectivity index (χ1n) is 15.1. The minimum atomic E-state index is -4.49. The summed E-state index contributed by atoms with van der Waals surface area (Å²) in [5.41, 5.74) is -1.71. The Bertz CT molecular complexity index is 1550. The van der Waals surface area contributed by atoms with E-state index in [1.54, 1.807) is 69.3 Å². The number of carbonyl (C=O) groups excluding carboxylic acids is 2. The van der Waals surface area contributed by atoms with E-state index < -0.39 is 40.9 Å². The molecule has 3 aromatic carbocycles. The van der Waals surface area contributed by atoms with Gasteiger partial charge in [0.15, 0.2) is 11.6 Å². The number of hydrogen-bond acceptors (Lipinski definition) is 8. The van der Waals surface area contributed by atoms with Gasteiger partial charge in [-0.1, -0.05) is 24.3 Å². The van der Waals surface area contributed by atoms with Gasteiger partial charge in [0, 0.05) is 31.6 Å². The first kappa shape index (κ1) is 35.3. The predicted molar refractivity (Wildman–Crippen MR) is 168 cm³/mol. The lowest BCUT2D eigenvalue weighted by atomic mass is 9.83. The summed E-state index contributed by atoms with van der Waals surface area (Å²) in [4.78, 5) is 32.1. The fourth-order valence-electron chi connectivity index (χ4n) is 5.01. The fraction of sp³-hybridized carbons (Fsp3) is 0.400. The number of hydrogen-bond donors (Lipinski definition) is 2. The molecule has 12 heteroatoms. The number of alkyl halides is 3. The topological polar surface area (TPSA) is 116 Å². The average Bonchev–Trinajstić information content (AvgIpc) is 3.43. The Hall–Kier alpha value is -4.58. The summed E-state index contributed by atoms with van der Waals surface area (Å²) in [6, 6.07) is 18.3. The zero-order valence-electron chi connectivity index (χ0n) is 26.7. The van der Waals surface area contributed by atoms with E-state index >= 15 is 0 Å². The fourth-order valence-corrected chi connectivity index (χ4v) is 5.01. The number of amides is 1. The van der Waals surface area contributed by atoms with Crippen LogP contribution < -0.4 is 14.8 Å². The summed E-state index contributed by atoms with van der Waals surface area (Å²) in [5.74, 6) is 0.0944. The summed E-state index contributed by atoms with van der Waals surface area (Å²) in [6.07, 6.45) is -5.31. The Morgan fingerprint density at radius 3 is 2.32 bits per heavy atom. The molecule has 0 aliphatic carbocycles. The average molecular weight is 657 g/mol. The second kappa shape index (κ2) is 14.9. The molecule has 1 aliphatic rings. The van der Waals surface area contributed by atoms with Gasteiger partial charge in [-0.15, -0.1) is 0 Å². The number of aliphatic hydroxyl groups excluding tert-OH is 1. The monoisotopic (exact) mass is 656 g/mol. The maximum Gasteiger partial charge on any atom is 0.416 e. The van der Waals surface area contributed by atoms with Crippen molar-refractivity contribution in [2.45, 2.75) is 70.0 Å². The summed E-state index contributed by atoms with van der Waals surface area (Å²) in [5, 5.41) is 11.9. The number of halogens is 3. The molecule has 0 unspecified atom stereocenters.